The number of nitrogens with zero attached hydrogens (tertiary/aromatic N) is 2. The predicted molar refractivity (Wildman–Crippen MR) is 83.5 cm³/mol. The van der Waals surface area contributed by atoms with Crippen LogP contribution >= 0.6 is 11.3 Å². The molecule has 0 saturated carbocycles. The minimum absolute atomic E-state index is 0.252. The van der Waals surface area contributed by atoms with Gasteiger partial charge in [-0.1, -0.05) is 18.2 Å². The van der Waals surface area contributed by atoms with Crippen molar-refractivity contribution in [3.63, 3.8) is 0 Å². The van der Waals surface area contributed by atoms with Crippen LogP contribution in [0.15, 0.2) is 53.5 Å². The molecular formula is C16H12FN3OS. The third-order valence-electron chi connectivity index (χ3n) is 3.03. The highest BCUT2D eigenvalue weighted by molar-refractivity contribution is 7.07. The van der Waals surface area contributed by atoms with Gasteiger partial charge in [-0.25, -0.2) is 14.4 Å². The molecule has 3 aromatic rings. The third kappa shape index (κ3) is 3.53. The largest absolute Gasteiger partial charge is 0.305 e. The third-order valence-corrected chi connectivity index (χ3v) is 3.62. The van der Waals surface area contributed by atoms with Crippen LogP contribution in [0.4, 0.5) is 10.2 Å². The number of pyridine rings is 1. The molecular weight excluding hydrogens is 301 g/mol. The number of carbonyl (C=O) groups excluding carboxylic acids is 1. The lowest BCUT2D eigenvalue weighted by Gasteiger charge is -2.05. The fourth-order valence-corrected chi connectivity index (χ4v) is 2.52. The summed E-state index contributed by atoms with van der Waals surface area (Å²) in [4.78, 5) is 20.0. The average molecular weight is 313 g/mol. The first-order valence-electron chi connectivity index (χ1n) is 6.59. The lowest BCUT2D eigenvalue weighted by molar-refractivity contribution is 0.102. The van der Waals surface area contributed by atoms with Crippen molar-refractivity contribution in [1.82, 2.24) is 9.97 Å². The van der Waals surface area contributed by atoms with Crippen LogP contribution in [-0.4, -0.2) is 15.9 Å². The van der Waals surface area contributed by atoms with Gasteiger partial charge in [-0.15, -0.1) is 11.3 Å². The van der Waals surface area contributed by atoms with Gasteiger partial charge in [0.25, 0.3) is 5.91 Å². The highest BCUT2D eigenvalue weighted by atomic mass is 32.1. The standard InChI is InChI=1S/C16H12FN3OS/c17-13-3-1-2-11(7-13)6-12-4-5-15(18-8-12)20-16(21)14-9-22-10-19-14/h1-5,7-10H,6H2,(H,18,20,21). The first-order chi connectivity index (χ1) is 10.7. The molecule has 0 spiro atoms. The Morgan fingerprint density at radius 3 is 2.77 bits per heavy atom. The van der Waals surface area contributed by atoms with Gasteiger partial charge in [-0.05, 0) is 35.7 Å². The number of nitrogens with one attached hydrogen (secondary N) is 1. The monoisotopic (exact) mass is 313 g/mol. The minimum atomic E-state index is -0.286. The van der Waals surface area contributed by atoms with Gasteiger partial charge in [-0.2, -0.15) is 0 Å². The molecule has 110 valence electrons. The quantitative estimate of drug-likeness (QED) is 0.802. The van der Waals surface area contributed by atoms with Crippen LogP contribution in [0.5, 0.6) is 0 Å². The van der Waals surface area contributed by atoms with E-state index in [2.05, 4.69) is 15.3 Å². The Morgan fingerprint density at radius 1 is 1.18 bits per heavy atom. The molecule has 0 unspecified atom stereocenters. The first kappa shape index (κ1) is 14.3. The number of aromatic nitrogens is 2. The molecule has 0 aliphatic heterocycles. The molecule has 4 nitrogen and oxygen atoms in total. The zero-order valence-electron chi connectivity index (χ0n) is 11.5. The highest BCUT2D eigenvalue weighted by Crippen LogP contribution is 2.13. The van der Waals surface area contributed by atoms with Crippen molar-refractivity contribution in [1.29, 1.82) is 0 Å². The summed E-state index contributed by atoms with van der Waals surface area (Å²) in [5.74, 6) is -0.0785. The molecule has 1 N–H and O–H groups in total. The molecule has 1 aromatic carbocycles. The summed E-state index contributed by atoms with van der Waals surface area (Å²) in [6, 6.07) is 10.0. The fraction of sp³-hybridized carbons (Fsp3) is 0.0625. The van der Waals surface area contributed by atoms with E-state index in [-0.39, 0.29) is 11.7 Å². The van der Waals surface area contributed by atoms with Crippen LogP contribution in [0, 0.1) is 5.82 Å². The van der Waals surface area contributed by atoms with Crippen molar-refractivity contribution in [2.45, 2.75) is 6.42 Å². The van der Waals surface area contributed by atoms with E-state index in [1.807, 2.05) is 12.1 Å². The van der Waals surface area contributed by atoms with Gasteiger partial charge in [-0.3, -0.25) is 4.79 Å². The number of anilines is 1. The zero-order valence-corrected chi connectivity index (χ0v) is 12.3. The van der Waals surface area contributed by atoms with Crippen molar-refractivity contribution in [2.75, 3.05) is 5.32 Å². The molecule has 0 aliphatic rings. The van der Waals surface area contributed by atoms with Crippen molar-refractivity contribution >= 4 is 23.1 Å². The fourth-order valence-electron chi connectivity index (χ4n) is 1.99. The molecule has 1 amide bonds. The Balaban J connectivity index is 1.66. The minimum Gasteiger partial charge on any atom is -0.305 e. The van der Waals surface area contributed by atoms with Gasteiger partial charge in [0.1, 0.15) is 17.3 Å². The van der Waals surface area contributed by atoms with Crippen molar-refractivity contribution in [3.05, 3.63) is 76.1 Å². The molecule has 3 rings (SSSR count). The van der Waals surface area contributed by atoms with Crippen molar-refractivity contribution in [3.8, 4) is 0 Å². The van der Waals surface area contributed by atoms with Crippen LogP contribution in [-0.2, 0) is 6.42 Å². The average Bonchev–Trinajstić information content (AvgIpc) is 3.04. The van der Waals surface area contributed by atoms with Gasteiger partial charge in [0, 0.05) is 11.6 Å². The maximum Gasteiger partial charge on any atom is 0.276 e. The van der Waals surface area contributed by atoms with Gasteiger partial charge >= 0.3 is 0 Å². The Hall–Kier alpha value is -2.60. The summed E-state index contributed by atoms with van der Waals surface area (Å²) >= 11 is 1.36. The molecule has 0 radical (unpaired) electrons. The number of thiazole rings is 1. The summed E-state index contributed by atoms with van der Waals surface area (Å²) in [7, 11) is 0. The molecule has 22 heavy (non-hydrogen) atoms. The molecule has 0 saturated heterocycles. The normalized spacial score (nSPS) is 10.4. The van der Waals surface area contributed by atoms with E-state index in [0.29, 0.717) is 17.9 Å². The second-order valence-electron chi connectivity index (χ2n) is 4.69. The lowest BCUT2D eigenvalue weighted by Crippen LogP contribution is -2.13. The van der Waals surface area contributed by atoms with Gasteiger partial charge in [0.2, 0.25) is 0 Å². The molecule has 2 aromatic heterocycles. The van der Waals surface area contributed by atoms with E-state index in [1.54, 1.807) is 29.2 Å². The van der Waals surface area contributed by atoms with Crippen LogP contribution in [0.2, 0.25) is 0 Å². The number of amides is 1. The second kappa shape index (κ2) is 6.44. The first-order valence-corrected chi connectivity index (χ1v) is 7.54. The molecule has 0 fully saturated rings. The van der Waals surface area contributed by atoms with E-state index >= 15 is 0 Å². The Morgan fingerprint density at radius 2 is 2.09 bits per heavy atom. The number of carbonyl (C=O) groups is 1. The topological polar surface area (TPSA) is 54.9 Å². The Labute approximate surface area is 130 Å². The summed E-state index contributed by atoms with van der Waals surface area (Å²) in [6.07, 6.45) is 2.26. The maximum atomic E-state index is 13.1. The van der Waals surface area contributed by atoms with Crippen LogP contribution in [0.3, 0.4) is 0 Å². The van der Waals surface area contributed by atoms with E-state index in [1.165, 1.54) is 23.5 Å². The van der Waals surface area contributed by atoms with Crippen LogP contribution in [0.25, 0.3) is 0 Å². The number of hydrogen-bond donors (Lipinski definition) is 1. The van der Waals surface area contributed by atoms with Crippen LogP contribution < -0.4 is 5.32 Å². The molecule has 6 heteroatoms. The van der Waals surface area contributed by atoms with Crippen molar-refractivity contribution in [2.24, 2.45) is 0 Å². The zero-order chi connectivity index (χ0) is 15.4. The summed E-state index contributed by atoms with van der Waals surface area (Å²) < 4.78 is 13.1. The number of hydrogen-bond acceptors (Lipinski definition) is 4. The number of benzene rings is 1. The smallest absolute Gasteiger partial charge is 0.276 e. The van der Waals surface area contributed by atoms with Gasteiger partial charge in [0.15, 0.2) is 0 Å². The van der Waals surface area contributed by atoms with E-state index in [9.17, 15) is 9.18 Å². The number of rotatable bonds is 4. The molecule has 0 bridgehead atoms. The summed E-state index contributed by atoms with van der Waals surface area (Å²) in [5, 5.41) is 4.35. The van der Waals surface area contributed by atoms with Crippen molar-refractivity contribution < 1.29 is 9.18 Å². The summed E-state index contributed by atoms with van der Waals surface area (Å²) in [5.41, 5.74) is 3.79. The van der Waals surface area contributed by atoms with E-state index in [4.69, 9.17) is 0 Å². The Bertz CT molecular complexity index is 772. The van der Waals surface area contributed by atoms with Gasteiger partial charge < -0.3 is 5.32 Å². The van der Waals surface area contributed by atoms with Crippen LogP contribution in [0.1, 0.15) is 21.6 Å². The van der Waals surface area contributed by atoms with Gasteiger partial charge in [0.05, 0.1) is 5.51 Å². The predicted octanol–water partition coefficient (Wildman–Crippen LogP) is 3.52. The molecule has 0 atom stereocenters. The SMILES string of the molecule is O=C(Nc1ccc(Cc2cccc(F)c2)cn1)c1cscn1. The highest BCUT2D eigenvalue weighted by Gasteiger charge is 2.08. The van der Waals surface area contributed by atoms with E-state index in [0.717, 1.165) is 11.1 Å². The van der Waals surface area contributed by atoms with E-state index < -0.39 is 0 Å². The Kier molecular flexibility index (Phi) is 4.20. The number of halogens is 1. The lowest BCUT2D eigenvalue weighted by atomic mass is 10.1. The maximum absolute atomic E-state index is 13.1. The summed E-state index contributed by atoms with van der Waals surface area (Å²) in [6.45, 7) is 0. The molecule has 2 heterocycles. The second-order valence-corrected chi connectivity index (χ2v) is 5.40. The molecule has 0 aliphatic carbocycles.